The molecule has 2 rings (SSSR count). The lowest BCUT2D eigenvalue weighted by Gasteiger charge is -2.13. The number of nitrogens with one attached hydrogen (secondary N) is 1. The Morgan fingerprint density at radius 1 is 1.45 bits per heavy atom. The summed E-state index contributed by atoms with van der Waals surface area (Å²) in [6, 6.07) is 7.40. The molecule has 0 aliphatic carbocycles. The minimum atomic E-state index is -0.908. The molecule has 0 aliphatic rings. The first kappa shape index (κ1) is 14.5. The van der Waals surface area contributed by atoms with E-state index in [0.29, 0.717) is 17.8 Å². The smallest absolute Gasteiger partial charge is 0.338 e. The highest BCUT2D eigenvalue weighted by molar-refractivity contribution is 7.99. The molecule has 6 heteroatoms. The number of hydrogen-bond acceptors (Lipinski definition) is 4. The summed E-state index contributed by atoms with van der Waals surface area (Å²) in [5, 5.41) is 16.7. The van der Waals surface area contributed by atoms with Crippen LogP contribution in [-0.4, -0.2) is 26.6 Å². The molecule has 0 unspecified atom stereocenters. The van der Waals surface area contributed by atoms with Gasteiger partial charge in [0.1, 0.15) is 0 Å². The number of anilines is 1. The monoisotopic (exact) mass is 291 g/mol. The summed E-state index contributed by atoms with van der Waals surface area (Å²) in [5.41, 5.74) is 1.97. The van der Waals surface area contributed by atoms with Gasteiger partial charge >= 0.3 is 5.97 Å². The van der Waals surface area contributed by atoms with E-state index in [1.165, 1.54) is 11.8 Å². The number of nitrogens with zero attached hydrogens (tertiary/aromatic N) is 2. The summed E-state index contributed by atoms with van der Waals surface area (Å²) in [5.74, 6) is -0.0695. The summed E-state index contributed by atoms with van der Waals surface area (Å²) >= 11 is 1.53. The van der Waals surface area contributed by atoms with Gasteiger partial charge in [-0.05, 0) is 24.0 Å². The first-order valence-corrected chi connectivity index (χ1v) is 7.32. The van der Waals surface area contributed by atoms with Gasteiger partial charge in [-0.25, -0.2) is 4.79 Å². The molecule has 0 bridgehead atoms. The summed E-state index contributed by atoms with van der Waals surface area (Å²) < 4.78 is 1.76. The van der Waals surface area contributed by atoms with Crippen molar-refractivity contribution in [3.63, 3.8) is 0 Å². The van der Waals surface area contributed by atoms with Crippen LogP contribution >= 0.6 is 11.8 Å². The van der Waals surface area contributed by atoms with E-state index in [1.807, 2.05) is 32.2 Å². The maximum atomic E-state index is 11.5. The minimum Gasteiger partial charge on any atom is -0.478 e. The molecule has 0 amide bonds. The lowest BCUT2D eigenvalue weighted by atomic mass is 10.1. The van der Waals surface area contributed by atoms with Crippen molar-refractivity contribution in [3.8, 4) is 0 Å². The third kappa shape index (κ3) is 3.14. The molecule has 20 heavy (non-hydrogen) atoms. The van der Waals surface area contributed by atoms with Crippen LogP contribution < -0.4 is 5.32 Å². The van der Waals surface area contributed by atoms with Gasteiger partial charge in [0, 0.05) is 18.1 Å². The van der Waals surface area contributed by atoms with E-state index >= 15 is 0 Å². The van der Waals surface area contributed by atoms with Crippen molar-refractivity contribution in [2.45, 2.75) is 18.4 Å². The van der Waals surface area contributed by atoms with Gasteiger partial charge in [-0.1, -0.05) is 13.0 Å². The Bertz CT molecular complexity index is 610. The van der Waals surface area contributed by atoms with Gasteiger partial charge < -0.3 is 10.4 Å². The summed E-state index contributed by atoms with van der Waals surface area (Å²) in [7, 11) is 1.86. The molecule has 1 aromatic carbocycles. The maximum Gasteiger partial charge on any atom is 0.338 e. The number of hydrogen-bond donors (Lipinski definition) is 2. The van der Waals surface area contributed by atoms with Crippen LogP contribution in [0.3, 0.4) is 0 Å². The third-order valence-corrected chi connectivity index (χ3v) is 3.86. The molecule has 2 aromatic rings. The second kappa shape index (κ2) is 6.47. The van der Waals surface area contributed by atoms with Crippen LogP contribution in [0.25, 0.3) is 0 Å². The molecule has 1 aromatic heterocycles. The molecule has 2 N–H and O–H groups in total. The van der Waals surface area contributed by atoms with E-state index in [1.54, 1.807) is 16.9 Å². The van der Waals surface area contributed by atoms with Gasteiger partial charge in [0.05, 0.1) is 23.5 Å². The topological polar surface area (TPSA) is 67.2 Å². The van der Waals surface area contributed by atoms with Crippen LogP contribution in [0.2, 0.25) is 0 Å². The summed E-state index contributed by atoms with van der Waals surface area (Å²) in [6.07, 6.45) is 1.72. The van der Waals surface area contributed by atoms with Crippen LogP contribution in [0, 0.1) is 0 Å². The predicted octanol–water partition coefficient (Wildman–Crippen LogP) is 2.84. The van der Waals surface area contributed by atoms with Crippen molar-refractivity contribution >= 4 is 23.4 Å². The number of carbonyl (C=O) groups is 1. The van der Waals surface area contributed by atoms with Gasteiger partial charge in [-0.15, -0.1) is 11.8 Å². The highest BCUT2D eigenvalue weighted by Gasteiger charge is 2.15. The fraction of sp³-hybridized carbons (Fsp3) is 0.286. The van der Waals surface area contributed by atoms with E-state index < -0.39 is 5.97 Å². The zero-order valence-corrected chi connectivity index (χ0v) is 12.3. The highest BCUT2D eigenvalue weighted by atomic mass is 32.2. The van der Waals surface area contributed by atoms with Crippen LogP contribution in [0.5, 0.6) is 0 Å². The largest absolute Gasteiger partial charge is 0.478 e. The normalized spacial score (nSPS) is 10.5. The molecule has 0 atom stereocenters. The number of aromatic nitrogens is 2. The lowest BCUT2D eigenvalue weighted by Crippen LogP contribution is -2.10. The average Bonchev–Trinajstić information content (AvgIpc) is 2.82. The van der Waals surface area contributed by atoms with Gasteiger partial charge in [0.15, 0.2) is 0 Å². The van der Waals surface area contributed by atoms with E-state index in [2.05, 4.69) is 10.4 Å². The molecule has 5 nitrogen and oxygen atoms in total. The Kier molecular flexibility index (Phi) is 4.68. The standard InChI is InChI=1S/C14H17N3O2S/c1-3-20-12-6-4-5-11(13(12)14(18)19)15-9-10-7-8-16-17(10)2/h4-8,15H,3,9H2,1-2H3,(H,18,19). The summed E-state index contributed by atoms with van der Waals surface area (Å²) in [4.78, 5) is 12.3. The molecule has 0 spiro atoms. The molecular formula is C14H17N3O2S. The quantitative estimate of drug-likeness (QED) is 0.801. The SMILES string of the molecule is CCSc1cccc(NCc2ccnn2C)c1C(=O)O. The van der Waals surface area contributed by atoms with Crippen molar-refractivity contribution in [1.29, 1.82) is 0 Å². The number of benzene rings is 1. The van der Waals surface area contributed by atoms with Gasteiger partial charge in [-0.3, -0.25) is 4.68 Å². The first-order valence-electron chi connectivity index (χ1n) is 6.33. The van der Waals surface area contributed by atoms with Crippen molar-refractivity contribution in [2.24, 2.45) is 7.05 Å². The predicted molar refractivity (Wildman–Crippen MR) is 80.3 cm³/mol. The van der Waals surface area contributed by atoms with E-state index in [-0.39, 0.29) is 0 Å². The minimum absolute atomic E-state index is 0.335. The zero-order chi connectivity index (χ0) is 14.5. The van der Waals surface area contributed by atoms with Gasteiger partial charge in [-0.2, -0.15) is 5.10 Å². The van der Waals surface area contributed by atoms with E-state index in [9.17, 15) is 9.90 Å². The Morgan fingerprint density at radius 3 is 2.85 bits per heavy atom. The van der Waals surface area contributed by atoms with Crippen molar-refractivity contribution in [2.75, 3.05) is 11.1 Å². The molecule has 0 saturated heterocycles. The molecule has 106 valence electrons. The number of carboxylic acid groups (broad SMARTS) is 1. The average molecular weight is 291 g/mol. The van der Waals surface area contributed by atoms with Crippen LogP contribution in [0.4, 0.5) is 5.69 Å². The lowest BCUT2D eigenvalue weighted by molar-refractivity contribution is 0.0694. The number of aromatic carboxylic acids is 1. The zero-order valence-electron chi connectivity index (χ0n) is 11.5. The third-order valence-electron chi connectivity index (χ3n) is 2.92. The molecule has 0 saturated carbocycles. The Hall–Kier alpha value is -1.95. The second-order valence-electron chi connectivity index (χ2n) is 4.22. The Balaban J connectivity index is 2.24. The highest BCUT2D eigenvalue weighted by Crippen LogP contribution is 2.28. The van der Waals surface area contributed by atoms with Gasteiger partial charge in [0.2, 0.25) is 0 Å². The Labute approximate surface area is 122 Å². The molecule has 0 aliphatic heterocycles. The van der Waals surface area contributed by atoms with Crippen LogP contribution in [0.15, 0.2) is 35.4 Å². The number of rotatable bonds is 6. The van der Waals surface area contributed by atoms with Crippen molar-refractivity contribution in [3.05, 3.63) is 41.7 Å². The van der Waals surface area contributed by atoms with Crippen LogP contribution in [0.1, 0.15) is 23.0 Å². The fourth-order valence-electron chi connectivity index (χ4n) is 1.94. The number of thioether (sulfide) groups is 1. The van der Waals surface area contributed by atoms with Crippen LogP contribution in [-0.2, 0) is 13.6 Å². The maximum absolute atomic E-state index is 11.5. The van der Waals surface area contributed by atoms with Crippen molar-refractivity contribution < 1.29 is 9.90 Å². The fourth-order valence-corrected chi connectivity index (χ4v) is 2.76. The molecule has 0 fully saturated rings. The number of aryl methyl sites for hydroxylation is 1. The van der Waals surface area contributed by atoms with Crippen molar-refractivity contribution in [1.82, 2.24) is 9.78 Å². The first-order chi connectivity index (χ1) is 9.63. The number of carboxylic acids is 1. The summed E-state index contributed by atoms with van der Waals surface area (Å²) in [6.45, 7) is 2.54. The Morgan fingerprint density at radius 2 is 2.25 bits per heavy atom. The van der Waals surface area contributed by atoms with Gasteiger partial charge in [0.25, 0.3) is 0 Å². The molecule has 0 radical (unpaired) electrons. The van der Waals surface area contributed by atoms with E-state index in [0.717, 1.165) is 16.3 Å². The molecular weight excluding hydrogens is 274 g/mol. The van der Waals surface area contributed by atoms with E-state index in [4.69, 9.17) is 0 Å². The second-order valence-corrected chi connectivity index (χ2v) is 5.52. The molecule has 1 heterocycles.